The van der Waals surface area contributed by atoms with Crippen LogP contribution < -0.4 is 9.47 Å². The molecule has 0 aliphatic carbocycles. The molecule has 26 heavy (non-hydrogen) atoms. The highest BCUT2D eigenvalue weighted by Gasteiger charge is 2.15. The van der Waals surface area contributed by atoms with Gasteiger partial charge < -0.3 is 9.47 Å². The second kappa shape index (κ2) is 8.92. The molecule has 1 aliphatic heterocycles. The van der Waals surface area contributed by atoms with Crippen molar-refractivity contribution in [3.63, 3.8) is 0 Å². The lowest BCUT2D eigenvalue weighted by Gasteiger charge is -2.33. The van der Waals surface area contributed by atoms with Gasteiger partial charge in [0.1, 0.15) is 11.5 Å². The molecule has 0 N–H and O–H groups in total. The highest BCUT2D eigenvalue weighted by Crippen LogP contribution is 2.22. The van der Waals surface area contributed by atoms with E-state index in [-0.39, 0.29) is 0 Å². The SMILES string of the molecule is COc1ccc(OC)c(/C=N\N2CCN(Cc3ccc(Cl)cc3)CC2)c1. The van der Waals surface area contributed by atoms with Crippen molar-refractivity contribution in [2.24, 2.45) is 5.10 Å². The summed E-state index contributed by atoms with van der Waals surface area (Å²) >= 11 is 5.95. The van der Waals surface area contributed by atoms with Crippen LogP contribution in [0.15, 0.2) is 47.6 Å². The Hall–Kier alpha value is -2.24. The van der Waals surface area contributed by atoms with E-state index in [1.165, 1.54) is 5.56 Å². The third-order valence-electron chi connectivity index (χ3n) is 4.47. The van der Waals surface area contributed by atoms with Gasteiger partial charge in [-0.15, -0.1) is 0 Å². The summed E-state index contributed by atoms with van der Waals surface area (Å²) < 4.78 is 10.7. The summed E-state index contributed by atoms with van der Waals surface area (Å²) in [4.78, 5) is 2.43. The molecular weight excluding hydrogens is 350 g/mol. The Bertz CT molecular complexity index is 741. The van der Waals surface area contributed by atoms with Crippen molar-refractivity contribution in [2.45, 2.75) is 6.54 Å². The minimum atomic E-state index is 0.779. The van der Waals surface area contributed by atoms with Crippen molar-refractivity contribution in [3.05, 3.63) is 58.6 Å². The first-order valence-corrected chi connectivity index (χ1v) is 9.03. The molecule has 3 rings (SSSR count). The van der Waals surface area contributed by atoms with Crippen LogP contribution in [0.3, 0.4) is 0 Å². The molecule has 0 radical (unpaired) electrons. The molecule has 6 heteroatoms. The monoisotopic (exact) mass is 373 g/mol. The van der Waals surface area contributed by atoms with Gasteiger partial charge in [-0.05, 0) is 35.9 Å². The van der Waals surface area contributed by atoms with E-state index in [1.54, 1.807) is 14.2 Å². The van der Waals surface area contributed by atoms with Gasteiger partial charge in [0, 0.05) is 43.3 Å². The maximum absolute atomic E-state index is 5.95. The summed E-state index contributed by atoms with van der Waals surface area (Å²) in [6, 6.07) is 13.8. The minimum Gasteiger partial charge on any atom is -0.497 e. The van der Waals surface area contributed by atoms with E-state index in [0.717, 1.165) is 54.8 Å². The fourth-order valence-corrected chi connectivity index (χ4v) is 3.07. The highest BCUT2D eigenvalue weighted by atomic mass is 35.5. The Labute approximate surface area is 159 Å². The van der Waals surface area contributed by atoms with Crippen LogP contribution in [0.5, 0.6) is 11.5 Å². The summed E-state index contributed by atoms with van der Waals surface area (Å²) in [7, 11) is 3.32. The second-order valence-electron chi connectivity index (χ2n) is 6.21. The highest BCUT2D eigenvalue weighted by molar-refractivity contribution is 6.30. The quantitative estimate of drug-likeness (QED) is 0.726. The zero-order chi connectivity index (χ0) is 18.4. The van der Waals surface area contributed by atoms with Crippen LogP contribution in [-0.4, -0.2) is 56.5 Å². The molecule has 2 aromatic carbocycles. The normalized spacial score (nSPS) is 15.4. The summed E-state index contributed by atoms with van der Waals surface area (Å²) in [5.74, 6) is 1.58. The van der Waals surface area contributed by atoms with Gasteiger partial charge in [-0.3, -0.25) is 9.91 Å². The van der Waals surface area contributed by atoms with Crippen molar-refractivity contribution in [1.29, 1.82) is 0 Å². The van der Waals surface area contributed by atoms with Gasteiger partial charge in [-0.25, -0.2) is 0 Å². The zero-order valence-corrected chi connectivity index (χ0v) is 15.9. The average Bonchev–Trinajstić information content (AvgIpc) is 2.69. The van der Waals surface area contributed by atoms with E-state index in [2.05, 4.69) is 27.1 Å². The number of rotatable bonds is 6. The molecule has 1 aliphatic rings. The lowest BCUT2D eigenvalue weighted by molar-refractivity contribution is 0.131. The number of hydrogen-bond donors (Lipinski definition) is 0. The fraction of sp³-hybridized carbons (Fsp3) is 0.350. The molecule has 0 bridgehead atoms. The van der Waals surface area contributed by atoms with Gasteiger partial charge in [0.15, 0.2) is 0 Å². The van der Waals surface area contributed by atoms with Crippen LogP contribution >= 0.6 is 11.6 Å². The van der Waals surface area contributed by atoms with E-state index < -0.39 is 0 Å². The zero-order valence-electron chi connectivity index (χ0n) is 15.2. The minimum absolute atomic E-state index is 0.779. The molecule has 1 saturated heterocycles. The van der Waals surface area contributed by atoms with Crippen molar-refractivity contribution >= 4 is 17.8 Å². The topological polar surface area (TPSA) is 37.3 Å². The standard InChI is InChI=1S/C20H24ClN3O2/c1-25-19-7-8-20(26-2)17(13-19)14-22-24-11-9-23(10-12-24)15-16-3-5-18(21)6-4-16/h3-8,13-14H,9-12,15H2,1-2H3/b22-14-. The molecule has 0 amide bonds. The lowest BCUT2D eigenvalue weighted by Crippen LogP contribution is -2.43. The maximum Gasteiger partial charge on any atom is 0.127 e. The van der Waals surface area contributed by atoms with E-state index in [9.17, 15) is 0 Å². The summed E-state index contributed by atoms with van der Waals surface area (Å²) in [5, 5.41) is 7.49. The van der Waals surface area contributed by atoms with Crippen molar-refractivity contribution in [2.75, 3.05) is 40.4 Å². The summed E-state index contributed by atoms with van der Waals surface area (Å²) in [6.07, 6.45) is 1.84. The van der Waals surface area contributed by atoms with E-state index in [4.69, 9.17) is 21.1 Å². The molecular formula is C20H24ClN3O2. The molecule has 0 unspecified atom stereocenters. The maximum atomic E-state index is 5.95. The lowest BCUT2D eigenvalue weighted by atomic mass is 10.2. The number of benzene rings is 2. The van der Waals surface area contributed by atoms with Gasteiger partial charge >= 0.3 is 0 Å². The van der Waals surface area contributed by atoms with Gasteiger partial charge in [0.2, 0.25) is 0 Å². The molecule has 5 nitrogen and oxygen atoms in total. The van der Waals surface area contributed by atoms with Crippen molar-refractivity contribution in [3.8, 4) is 11.5 Å². The van der Waals surface area contributed by atoms with Gasteiger partial charge in [-0.1, -0.05) is 23.7 Å². The number of ether oxygens (including phenoxy) is 2. The fourth-order valence-electron chi connectivity index (χ4n) is 2.94. The predicted molar refractivity (Wildman–Crippen MR) is 105 cm³/mol. The third kappa shape index (κ3) is 4.90. The number of nitrogens with zero attached hydrogens (tertiary/aromatic N) is 3. The number of hydrazone groups is 1. The number of hydrogen-bond acceptors (Lipinski definition) is 5. The molecule has 1 heterocycles. The number of halogens is 1. The van der Waals surface area contributed by atoms with Crippen LogP contribution in [0.25, 0.3) is 0 Å². The average molecular weight is 374 g/mol. The summed E-state index contributed by atoms with van der Waals surface area (Å²) in [5.41, 5.74) is 2.20. The van der Waals surface area contributed by atoms with Gasteiger partial charge in [-0.2, -0.15) is 5.10 Å². The number of piperazine rings is 1. The Morgan fingerprint density at radius 1 is 1.00 bits per heavy atom. The number of methoxy groups -OCH3 is 2. The molecule has 0 saturated carbocycles. The molecule has 2 aromatic rings. The van der Waals surface area contributed by atoms with Crippen LogP contribution in [0.4, 0.5) is 0 Å². The Kier molecular flexibility index (Phi) is 6.36. The van der Waals surface area contributed by atoms with Crippen LogP contribution in [0.1, 0.15) is 11.1 Å². The first kappa shape index (κ1) is 18.5. The van der Waals surface area contributed by atoms with E-state index >= 15 is 0 Å². The molecule has 0 aromatic heterocycles. The van der Waals surface area contributed by atoms with Gasteiger partial charge in [0.25, 0.3) is 0 Å². The van der Waals surface area contributed by atoms with Crippen LogP contribution in [0, 0.1) is 0 Å². The Morgan fingerprint density at radius 2 is 1.73 bits per heavy atom. The predicted octanol–water partition coefficient (Wildman–Crippen LogP) is 3.51. The summed E-state index contributed by atoms with van der Waals surface area (Å²) in [6.45, 7) is 4.70. The van der Waals surface area contributed by atoms with Crippen LogP contribution in [0.2, 0.25) is 5.02 Å². The van der Waals surface area contributed by atoms with Crippen LogP contribution in [-0.2, 0) is 6.54 Å². The smallest absolute Gasteiger partial charge is 0.127 e. The second-order valence-corrected chi connectivity index (χ2v) is 6.65. The Morgan fingerprint density at radius 3 is 2.38 bits per heavy atom. The first-order chi connectivity index (χ1) is 12.7. The van der Waals surface area contributed by atoms with Gasteiger partial charge in [0.05, 0.1) is 20.4 Å². The van der Waals surface area contributed by atoms with Crippen molar-refractivity contribution < 1.29 is 9.47 Å². The van der Waals surface area contributed by atoms with E-state index in [0.29, 0.717) is 0 Å². The van der Waals surface area contributed by atoms with Crippen molar-refractivity contribution in [1.82, 2.24) is 9.91 Å². The Balaban J connectivity index is 1.55. The molecule has 0 spiro atoms. The molecule has 1 fully saturated rings. The van der Waals surface area contributed by atoms with E-state index in [1.807, 2.05) is 36.5 Å². The molecule has 138 valence electrons. The first-order valence-electron chi connectivity index (χ1n) is 8.65. The molecule has 0 atom stereocenters. The third-order valence-corrected chi connectivity index (χ3v) is 4.72. The largest absolute Gasteiger partial charge is 0.497 e.